The summed E-state index contributed by atoms with van der Waals surface area (Å²) >= 11 is 0. The highest BCUT2D eigenvalue weighted by Crippen LogP contribution is 2.30. The Bertz CT molecular complexity index is 1140. The third kappa shape index (κ3) is 5.22. The van der Waals surface area contributed by atoms with Crippen LogP contribution in [0.1, 0.15) is 44.7 Å². The average Bonchev–Trinajstić information content (AvgIpc) is 3.40. The Labute approximate surface area is 184 Å². The van der Waals surface area contributed by atoms with Gasteiger partial charge < -0.3 is 0 Å². The van der Waals surface area contributed by atoms with Crippen LogP contribution in [0.3, 0.4) is 0 Å². The molecule has 0 aliphatic carbocycles. The molecule has 0 saturated carbocycles. The molecule has 0 radical (unpaired) electrons. The normalized spacial score (nSPS) is 15.0. The highest BCUT2D eigenvalue weighted by atomic mass is 19.1. The Balaban J connectivity index is 0.00000141. The minimum absolute atomic E-state index is 0.318. The molecule has 1 aliphatic heterocycles. The van der Waals surface area contributed by atoms with Gasteiger partial charge in [-0.1, -0.05) is 20.4 Å². The molecule has 2 heterocycles. The van der Waals surface area contributed by atoms with Crippen LogP contribution in [0.4, 0.5) is 13.2 Å². The number of hydrazone groups is 1. The second kappa shape index (κ2) is 10.2. The predicted octanol–water partition coefficient (Wildman–Crippen LogP) is 5.17. The molecule has 0 N–H and O–H groups in total. The smallest absolute Gasteiger partial charge is 0.268 e. The van der Waals surface area contributed by atoms with E-state index >= 15 is 0 Å². The van der Waals surface area contributed by atoms with Crippen LogP contribution in [-0.4, -0.2) is 32.1 Å². The van der Waals surface area contributed by atoms with E-state index in [0.29, 0.717) is 48.0 Å². The van der Waals surface area contributed by atoms with E-state index in [4.69, 9.17) is 0 Å². The molecule has 1 unspecified atom stereocenters. The summed E-state index contributed by atoms with van der Waals surface area (Å²) in [5.74, 6) is -2.20. The van der Waals surface area contributed by atoms with E-state index < -0.39 is 23.6 Å². The standard InChI is InChI=1S/C21H18F3N5O.C2H6/c1-13(3-2-8-28-26-18-5-4-15(22)12-19(18)27-28)21(30)29-20(6-7-25-29)14-9-16(23)11-17(24)10-14;1-2/h4-5,7,9-12,20H,1-3,6,8H2;1-2H3. The fraction of sp³-hybridized carbons (Fsp3) is 0.304. The summed E-state index contributed by atoms with van der Waals surface area (Å²) in [7, 11) is 0. The van der Waals surface area contributed by atoms with Crippen molar-refractivity contribution < 1.29 is 18.0 Å². The Morgan fingerprint density at radius 3 is 2.44 bits per heavy atom. The number of carbonyl (C=O) groups excluding carboxylic acids is 1. The molecule has 0 saturated heterocycles. The van der Waals surface area contributed by atoms with Gasteiger partial charge in [0.1, 0.15) is 28.5 Å². The number of fused-ring (bicyclic) bond motifs is 1. The number of benzene rings is 2. The molecule has 6 nitrogen and oxygen atoms in total. The third-order valence-electron chi connectivity index (χ3n) is 4.83. The molecule has 1 aliphatic rings. The predicted molar refractivity (Wildman–Crippen MR) is 116 cm³/mol. The molecule has 1 amide bonds. The summed E-state index contributed by atoms with van der Waals surface area (Å²) < 4.78 is 40.4. The molecule has 1 atom stereocenters. The summed E-state index contributed by atoms with van der Waals surface area (Å²) in [5.41, 5.74) is 1.70. The summed E-state index contributed by atoms with van der Waals surface area (Å²) in [6.07, 6.45) is 2.80. The van der Waals surface area contributed by atoms with Crippen LogP contribution in [0, 0.1) is 17.5 Å². The molecular weight excluding hydrogens is 419 g/mol. The van der Waals surface area contributed by atoms with Gasteiger partial charge in [0, 0.05) is 30.3 Å². The van der Waals surface area contributed by atoms with Crippen LogP contribution in [0.5, 0.6) is 0 Å². The van der Waals surface area contributed by atoms with E-state index in [1.165, 1.54) is 40.3 Å². The van der Waals surface area contributed by atoms with Gasteiger partial charge in [0.05, 0.1) is 12.6 Å². The van der Waals surface area contributed by atoms with Crippen LogP contribution >= 0.6 is 0 Å². The van der Waals surface area contributed by atoms with Crippen molar-refractivity contribution in [1.29, 1.82) is 0 Å². The van der Waals surface area contributed by atoms with Crippen molar-refractivity contribution in [1.82, 2.24) is 20.0 Å². The molecule has 0 bridgehead atoms. The Morgan fingerprint density at radius 2 is 1.72 bits per heavy atom. The highest BCUT2D eigenvalue weighted by Gasteiger charge is 2.30. The molecule has 0 fully saturated rings. The molecule has 3 aromatic rings. The molecule has 2 aromatic carbocycles. The lowest BCUT2D eigenvalue weighted by Crippen LogP contribution is -2.28. The Morgan fingerprint density at radius 1 is 1.03 bits per heavy atom. The van der Waals surface area contributed by atoms with Crippen LogP contribution < -0.4 is 0 Å². The van der Waals surface area contributed by atoms with E-state index in [-0.39, 0.29) is 5.82 Å². The van der Waals surface area contributed by atoms with Gasteiger partial charge in [-0.3, -0.25) is 4.79 Å². The lowest BCUT2D eigenvalue weighted by atomic mass is 10.0. The molecule has 9 heteroatoms. The maximum absolute atomic E-state index is 13.6. The first-order valence-corrected chi connectivity index (χ1v) is 10.4. The summed E-state index contributed by atoms with van der Waals surface area (Å²) in [4.78, 5) is 14.2. The van der Waals surface area contributed by atoms with E-state index in [2.05, 4.69) is 21.9 Å². The van der Waals surface area contributed by atoms with Crippen molar-refractivity contribution >= 4 is 23.2 Å². The Kier molecular flexibility index (Phi) is 7.40. The topological polar surface area (TPSA) is 63.4 Å². The van der Waals surface area contributed by atoms with E-state index in [1.807, 2.05) is 13.8 Å². The lowest BCUT2D eigenvalue weighted by Gasteiger charge is -2.23. The largest absolute Gasteiger partial charge is 0.269 e. The number of nitrogens with zero attached hydrogens (tertiary/aromatic N) is 5. The molecule has 1 aromatic heterocycles. The maximum Gasteiger partial charge on any atom is 0.269 e. The van der Waals surface area contributed by atoms with Gasteiger partial charge in [-0.2, -0.15) is 20.1 Å². The Hall–Kier alpha value is -3.49. The third-order valence-corrected chi connectivity index (χ3v) is 4.83. The summed E-state index contributed by atoms with van der Waals surface area (Å²) in [6.45, 7) is 8.26. The number of rotatable bonds is 6. The lowest BCUT2D eigenvalue weighted by molar-refractivity contribution is -0.129. The van der Waals surface area contributed by atoms with Crippen molar-refractivity contribution in [3.63, 3.8) is 0 Å². The van der Waals surface area contributed by atoms with Gasteiger partial charge in [0.25, 0.3) is 5.91 Å². The second-order valence-electron chi connectivity index (χ2n) is 7.04. The molecule has 168 valence electrons. The monoisotopic (exact) mass is 443 g/mol. The first-order valence-electron chi connectivity index (χ1n) is 10.4. The van der Waals surface area contributed by atoms with Crippen LogP contribution in [0.15, 0.2) is 53.7 Å². The molecular formula is C23H24F3N5O. The fourth-order valence-electron chi connectivity index (χ4n) is 3.39. The van der Waals surface area contributed by atoms with Crippen LogP contribution in [-0.2, 0) is 11.3 Å². The van der Waals surface area contributed by atoms with Gasteiger partial charge in [-0.15, -0.1) is 0 Å². The quantitative estimate of drug-likeness (QED) is 0.494. The van der Waals surface area contributed by atoms with Crippen molar-refractivity contribution in [3.8, 4) is 0 Å². The van der Waals surface area contributed by atoms with Crippen molar-refractivity contribution in [3.05, 3.63) is 71.6 Å². The van der Waals surface area contributed by atoms with Crippen LogP contribution in [0.25, 0.3) is 11.0 Å². The van der Waals surface area contributed by atoms with E-state index in [9.17, 15) is 18.0 Å². The van der Waals surface area contributed by atoms with E-state index in [1.54, 1.807) is 6.07 Å². The van der Waals surface area contributed by atoms with Crippen LogP contribution in [0.2, 0.25) is 0 Å². The molecule has 0 spiro atoms. The zero-order valence-electron chi connectivity index (χ0n) is 17.9. The second-order valence-corrected chi connectivity index (χ2v) is 7.04. The minimum Gasteiger partial charge on any atom is -0.268 e. The SMILES string of the molecule is C=C(CCCn1nc2ccc(F)cc2n1)C(=O)N1N=CCC1c1cc(F)cc(F)c1.CC. The van der Waals surface area contributed by atoms with E-state index in [0.717, 1.165) is 6.07 Å². The minimum atomic E-state index is -0.706. The van der Waals surface area contributed by atoms with Gasteiger partial charge in [-0.25, -0.2) is 18.2 Å². The van der Waals surface area contributed by atoms with Gasteiger partial charge in [0.15, 0.2) is 0 Å². The number of amides is 1. The zero-order valence-corrected chi connectivity index (χ0v) is 17.9. The average molecular weight is 443 g/mol. The summed E-state index contributed by atoms with van der Waals surface area (Å²) in [6, 6.07) is 6.78. The summed E-state index contributed by atoms with van der Waals surface area (Å²) in [5, 5.41) is 13.7. The maximum atomic E-state index is 13.6. The van der Waals surface area contributed by atoms with Gasteiger partial charge in [-0.05, 0) is 42.7 Å². The number of aromatic nitrogens is 3. The first-order chi connectivity index (χ1) is 15.4. The van der Waals surface area contributed by atoms with Crippen molar-refractivity contribution in [2.45, 2.75) is 45.7 Å². The van der Waals surface area contributed by atoms with Gasteiger partial charge >= 0.3 is 0 Å². The number of hydrogen-bond acceptors (Lipinski definition) is 4. The first kappa shape index (κ1) is 23.2. The number of aryl methyl sites for hydroxylation is 1. The van der Waals surface area contributed by atoms with Crippen molar-refractivity contribution in [2.24, 2.45) is 5.10 Å². The number of halogens is 3. The molecule has 32 heavy (non-hydrogen) atoms. The molecule has 4 rings (SSSR count). The van der Waals surface area contributed by atoms with Gasteiger partial charge in [0.2, 0.25) is 0 Å². The highest BCUT2D eigenvalue weighted by molar-refractivity contribution is 5.94. The number of hydrogen-bond donors (Lipinski definition) is 0. The number of carbonyl (C=O) groups is 1. The van der Waals surface area contributed by atoms with Crippen molar-refractivity contribution in [2.75, 3.05) is 0 Å². The fourth-order valence-corrected chi connectivity index (χ4v) is 3.39. The zero-order chi connectivity index (χ0) is 23.3.